The first-order valence-electron chi connectivity index (χ1n) is 4.94. The Bertz CT molecular complexity index is 262. The first kappa shape index (κ1) is 10.8. The van der Waals surface area contributed by atoms with E-state index in [0.717, 1.165) is 12.8 Å². The van der Waals surface area contributed by atoms with Crippen molar-refractivity contribution in [1.29, 1.82) is 0 Å². The number of allylic oxidation sites excluding steroid dienone is 1. The summed E-state index contributed by atoms with van der Waals surface area (Å²) < 4.78 is 5.22. The molecule has 1 rings (SSSR count). The van der Waals surface area contributed by atoms with Crippen LogP contribution in [-0.2, 0) is 9.53 Å². The Morgan fingerprint density at radius 2 is 2.57 bits per heavy atom. The minimum absolute atomic E-state index is 0.00782. The molecule has 0 N–H and O–H groups in total. The van der Waals surface area contributed by atoms with Crippen molar-refractivity contribution in [2.24, 2.45) is 11.8 Å². The Balaban J connectivity index is 2.53. The van der Waals surface area contributed by atoms with Gasteiger partial charge in [-0.05, 0) is 12.8 Å². The van der Waals surface area contributed by atoms with Crippen molar-refractivity contribution in [1.82, 2.24) is 0 Å². The molecule has 1 fully saturated rings. The fourth-order valence-electron chi connectivity index (χ4n) is 1.76. The number of hydrogen-bond donors (Lipinski definition) is 0. The molecule has 2 nitrogen and oxygen atoms in total. The maximum atomic E-state index is 11.1. The van der Waals surface area contributed by atoms with Crippen molar-refractivity contribution in [3.05, 3.63) is 12.7 Å². The van der Waals surface area contributed by atoms with Gasteiger partial charge in [-0.25, -0.2) is 0 Å². The van der Waals surface area contributed by atoms with Crippen molar-refractivity contribution in [2.45, 2.75) is 32.3 Å². The summed E-state index contributed by atoms with van der Waals surface area (Å²) in [6.45, 7) is 5.65. The van der Waals surface area contributed by atoms with Crippen LogP contribution in [0.5, 0.6) is 0 Å². The largest absolute Gasteiger partial charge is 0.462 e. The second-order valence-corrected chi connectivity index (χ2v) is 3.82. The highest BCUT2D eigenvalue weighted by Crippen LogP contribution is 2.29. The zero-order valence-corrected chi connectivity index (χ0v) is 8.53. The van der Waals surface area contributed by atoms with Gasteiger partial charge in [0, 0.05) is 11.8 Å². The molecule has 0 unspecified atom stereocenters. The van der Waals surface area contributed by atoms with Gasteiger partial charge in [-0.3, -0.25) is 4.79 Å². The summed E-state index contributed by atoms with van der Waals surface area (Å²) in [6.07, 6.45) is 9.22. The molecule has 1 aliphatic rings. The lowest BCUT2D eigenvalue weighted by Gasteiger charge is -2.17. The molecule has 14 heavy (non-hydrogen) atoms. The Hall–Kier alpha value is -1.23. The van der Waals surface area contributed by atoms with Crippen LogP contribution < -0.4 is 0 Å². The second kappa shape index (κ2) is 4.85. The van der Waals surface area contributed by atoms with Crippen molar-refractivity contribution >= 4 is 5.97 Å². The van der Waals surface area contributed by atoms with Gasteiger partial charge in [0.15, 0.2) is 0 Å². The highest BCUT2D eigenvalue weighted by molar-refractivity contribution is 5.72. The average Bonchev–Trinajstić information content (AvgIpc) is 2.47. The van der Waals surface area contributed by atoms with E-state index in [1.807, 2.05) is 13.0 Å². The van der Waals surface area contributed by atoms with Gasteiger partial charge in [-0.2, -0.15) is 0 Å². The highest BCUT2D eigenvalue weighted by Gasteiger charge is 2.34. The van der Waals surface area contributed by atoms with Crippen LogP contribution >= 0.6 is 0 Å². The van der Waals surface area contributed by atoms with Gasteiger partial charge < -0.3 is 4.74 Å². The van der Waals surface area contributed by atoms with E-state index in [4.69, 9.17) is 11.2 Å². The smallest absolute Gasteiger partial charge is 0.306 e. The Kier molecular flexibility index (Phi) is 3.76. The molecule has 1 saturated heterocycles. The molecule has 0 saturated carbocycles. The van der Waals surface area contributed by atoms with E-state index in [2.05, 4.69) is 12.5 Å². The average molecular weight is 192 g/mol. The molecular weight excluding hydrogens is 176 g/mol. The van der Waals surface area contributed by atoms with E-state index < -0.39 is 0 Å². The topological polar surface area (TPSA) is 26.3 Å². The molecule has 0 spiro atoms. The predicted molar refractivity (Wildman–Crippen MR) is 55.4 cm³/mol. The summed E-state index contributed by atoms with van der Waals surface area (Å²) in [5, 5.41) is 0. The van der Waals surface area contributed by atoms with Crippen molar-refractivity contribution in [3.8, 4) is 12.3 Å². The number of carbonyl (C=O) groups is 1. The van der Waals surface area contributed by atoms with Gasteiger partial charge in [0.25, 0.3) is 0 Å². The summed E-state index contributed by atoms with van der Waals surface area (Å²) >= 11 is 0. The third-order valence-electron chi connectivity index (χ3n) is 2.58. The number of carbonyl (C=O) groups excluding carboxylic acids is 1. The molecule has 2 heteroatoms. The Morgan fingerprint density at radius 1 is 1.86 bits per heavy atom. The van der Waals surface area contributed by atoms with Gasteiger partial charge in [0.2, 0.25) is 0 Å². The molecule has 1 aliphatic heterocycles. The molecule has 1 heterocycles. The summed E-state index contributed by atoms with van der Waals surface area (Å²) in [7, 11) is 0. The van der Waals surface area contributed by atoms with Crippen LogP contribution in [0, 0.1) is 24.2 Å². The number of esters is 1. The number of rotatable bonds is 4. The lowest BCUT2D eigenvalue weighted by atomic mass is 9.91. The number of hydrogen-bond acceptors (Lipinski definition) is 2. The minimum atomic E-state index is -0.105. The lowest BCUT2D eigenvalue weighted by molar-refractivity contribution is -0.141. The summed E-state index contributed by atoms with van der Waals surface area (Å²) in [5.74, 6) is 2.99. The number of cyclic esters (lactones) is 1. The van der Waals surface area contributed by atoms with E-state index in [0.29, 0.717) is 6.42 Å². The summed E-state index contributed by atoms with van der Waals surface area (Å²) in [4.78, 5) is 11.1. The van der Waals surface area contributed by atoms with Crippen LogP contribution in [0.2, 0.25) is 0 Å². The Morgan fingerprint density at radius 3 is 3.14 bits per heavy atom. The van der Waals surface area contributed by atoms with Gasteiger partial charge in [0.05, 0.1) is 6.42 Å². The van der Waals surface area contributed by atoms with Crippen LogP contribution in [0.4, 0.5) is 0 Å². The number of ether oxygens (including phenoxy) is 1. The van der Waals surface area contributed by atoms with E-state index >= 15 is 0 Å². The molecule has 0 bridgehead atoms. The number of terminal acetylenes is 1. The molecule has 0 radical (unpaired) electrons. The van der Waals surface area contributed by atoms with Crippen LogP contribution in [-0.4, -0.2) is 12.1 Å². The first-order chi connectivity index (χ1) is 6.67. The minimum Gasteiger partial charge on any atom is -0.462 e. The van der Waals surface area contributed by atoms with Gasteiger partial charge in [0.1, 0.15) is 6.10 Å². The van der Waals surface area contributed by atoms with Crippen LogP contribution in [0.25, 0.3) is 0 Å². The second-order valence-electron chi connectivity index (χ2n) is 3.82. The van der Waals surface area contributed by atoms with Crippen LogP contribution in [0.1, 0.15) is 26.2 Å². The van der Waals surface area contributed by atoms with Crippen molar-refractivity contribution in [2.75, 3.05) is 0 Å². The van der Waals surface area contributed by atoms with E-state index in [-0.39, 0.29) is 23.9 Å². The van der Waals surface area contributed by atoms with Gasteiger partial charge in [-0.15, -0.1) is 18.9 Å². The van der Waals surface area contributed by atoms with E-state index in [1.165, 1.54) is 0 Å². The predicted octanol–water partition coefficient (Wildman–Crippen LogP) is 2.15. The van der Waals surface area contributed by atoms with Crippen LogP contribution in [0.15, 0.2) is 12.7 Å². The fraction of sp³-hybridized carbons (Fsp3) is 0.583. The maximum Gasteiger partial charge on any atom is 0.306 e. The standard InChI is InChI=1S/C12H16O2/c1-4-6-10-8-12(13)14-11(10)7-9(3)5-2/h2,4,9-11H,1,6-8H2,3H3/t9-,10-,11+/m1/s1. The van der Waals surface area contributed by atoms with E-state index in [9.17, 15) is 4.79 Å². The SMILES string of the molecule is C#C[C@@H](C)C[C@@H]1OC(=O)C[C@H]1CC=C. The third-order valence-corrected chi connectivity index (χ3v) is 2.58. The molecule has 0 amide bonds. The van der Waals surface area contributed by atoms with Gasteiger partial charge >= 0.3 is 5.97 Å². The molecule has 0 aliphatic carbocycles. The van der Waals surface area contributed by atoms with E-state index in [1.54, 1.807) is 0 Å². The first-order valence-corrected chi connectivity index (χ1v) is 4.94. The molecule has 0 aromatic heterocycles. The van der Waals surface area contributed by atoms with Gasteiger partial charge in [-0.1, -0.05) is 13.0 Å². The van der Waals surface area contributed by atoms with Crippen molar-refractivity contribution in [3.63, 3.8) is 0 Å². The molecule has 0 aromatic rings. The normalized spacial score (nSPS) is 27.9. The van der Waals surface area contributed by atoms with Crippen molar-refractivity contribution < 1.29 is 9.53 Å². The molecule has 3 atom stereocenters. The third kappa shape index (κ3) is 2.63. The zero-order valence-electron chi connectivity index (χ0n) is 8.53. The zero-order chi connectivity index (χ0) is 10.6. The monoisotopic (exact) mass is 192 g/mol. The molecular formula is C12H16O2. The lowest BCUT2D eigenvalue weighted by Crippen LogP contribution is -2.18. The highest BCUT2D eigenvalue weighted by atomic mass is 16.5. The molecule has 76 valence electrons. The van der Waals surface area contributed by atoms with Crippen LogP contribution in [0.3, 0.4) is 0 Å². The summed E-state index contributed by atoms with van der Waals surface area (Å²) in [5.41, 5.74) is 0. The maximum absolute atomic E-state index is 11.1. The quantitative estimate of drug-likeness (QED) is 0.387. The fourth-order valence-corrected chi connectivity index (χ4v) is 1.76. The molecule has 0 aromatic carbocycles. The Labute approximate surface area is 85.3 Å². The summed E-state index contributed by atoms with van der Waals surface area (Å²) in [6, 6.07) is 0.